The lowest BCUT2D eigenvalue weighted by atomic mass is 10.0. The molecule has 0 unspecified atom stereocenters. The van der Waals surface area contributed by atoms with Crippen molar-refractivity contribution in [2.24, 2.45) is 0 Å². The van der Waals surface area contributed by atoms with Crippen LogP contribution in [0.25, 0.3) is 6.08 Å². The minimum absolute atomic E-state index is 0.0538. The lowest BCUT2D eigenvalue weighted by Crippen LogP contribution is -2.29. The summed E-state index contributed by atoms with van der Waals surface area (Å²) in [4.78, 5) is 17.1. The van der Waals surface area contributed by atoms with E-state index in [0.29, 0.717) is 11.3 Å². The number of likely N-dealkylation sites (tertiary alicyclic amines) is 1. The van der Waals surface area contributed by atoms with Gasteiger partial charge in [0.25, 0.3) is 0 Å². The molecule has 2 aromatic rings. The number of hydrogen-bond donors (Lipinski definition) is 1. The Labute approximate surface area is 173 Å². The van der Waals surface area contributed by atoms with E-state index in [1.54, 1.807) is 25.3 Å². The van der Waals surface area contributed by atoms with Crippen LogP contribution in [0.3, 0.4) is 0 Å². The number of methoxy groups -OCH3 is 1. The molecule has 0 amide bonds. The summed E-state index contributed by atoms with van der Waals surface area (Å²) in [5, 5.41) is 10.4. The van der Waals surface area contributed by atoms with Gasteiger partial charge in [-0.15, -0.1) is 0 Å². The summed E-state index contributed by atoms with van der Waals surface area (Å²) >= 11 is 0. The third kappa shape index (κ3) is 5.39. The molecule has 2 aromatic carbocycles. The van der Waals surface area contributed by atoms with E-state index >= 15 is 0 Å². The van der Waals surface area contributed by atoms with Gasteiger partial charge in [0.1, 0.15) is 11.5 Å². The molecule has 0 aliphatic carbocycles. The summed E-state index contributed by atoms with van der Waals surface area (Å²) in [5.41, 5.74) is 3.27. The number of allylic oxidation sites excluding steroid dienone is 1. The van der Waals surface area contributed by atoms with Crippen LogP contribution >= 0.6 is 0 Å². The van der Waals surface area contributed by atoms with Gasteiger partial charge in [-0.2, -0.15) is 0 Å². The minimum atomic E-state index is -0.221. The van der Waals surface area contributed by atoms with E-state index in [2.05, 4.69) is 4.90 Å². The van der Waals surface area contributed by atoms with E-state index in [4.69, 9.17) is 4.74 Å². The van der Waals surface area contributed by atoms with E-state index in [1.807, 2.05) is 43.3 Å². The fourth-order valence-corrected chi connectivity index (χ4v) is 3.63. The molecule has 0 aromatic heterocycles. The molecular formula is C24H30N2O3. The van der Waals surface area contributed by atoms with Crippen molar-refractivity contribution in [3.05, 3.63) is 59.2 Å². The summed E-state index contributed by atoms with van der Waals surface area (Å²) in [5.74, 6) is 0.344. The van der Waals surface area contributed by atoms with E-state index in [9.17, 15) is 9.90 Å². The number of piperidine rings is 1. The van der Waals surface area contributed by atoms with Crippen LogP contribution in [0, 0.1) is 0 Å². The Morgan fingerprint density at radius 2 is 1.83 bits per heavy atom. The van der Waals surface area contributed by atoms with E-state index in [0.717, 1.165) is 36.4 Å². The third-order valence-electron chi connectivity index (χ3n) is 5.34. The van der Waals surface area contributed by atoms with Gasteiger partial charge >= 0.3 is 0 Å². The number of carbonyl (C=O) groups excluding carboxylic acids is 1. The maximum atomic E-state index is 12.7. The molecule has 0 saturated carbocycles. The number of benzene rings is 2. The monoisotopic (exact) mass is 394 g/mol. The van der Waals surface area contributed by atoms with E-state index < -0.39 is 0 Å². The first kappa shape index (κ1) is 20.9. The van der Waals surface area contributed by atoms with Gasteiger partial charge in [-0.05, 0) is 55.8 Å². The second kappa shape index (κ2) is 9.61. The summed E-state index contributed by atoms with van der Waals surface area (Å²) in [6, 6.07) is 11.3. The lowest BCUT2D eigenvalue weighted by molar-refractivity contribution is 0.104. The number of ketones is 1. The molecule has 1 aliphatic heterocycles. The Hall–Kier alpha value is -2.79. The molecule has 0 spiro atoms. The maximum absolute atomic E-state index is 12.7. The Balaban J connectivity index is 1.79. The Morgan fingerprint density at radius 1 is 1.14 bits per heavy atom. The van der Waals surface area contributed by atoms with Crippen molar-refractivity contribution in [2.75, 3.05) is 39.2 Å². The number of ether oxygens (including phenoxy) is 1. The first-order valence-electron chi connectivity index (χ1n) is 10.1. The van der Waals surface area contributed by atoms with Crippen LogP contribution in [0.2, 0.25) is 0 Å². The molecule has 5 heteroatoms. The van der Waals surface area contributed by atoms with Gasteiger partial charge in [0, 0.05) is 38.0 Å². The second-order valence-corrected chi connectivity index (χ2v) is 7.70. The molecule has 5 nitrogen and oxygen atoms in total. The molecule has 1 N–H and O–H groups in total. The SMILES string of the molecule is COc1cc(O)c(C(=O)/C=C/c2ccc(N(C)C)cc2)cc1CN1CCCCC1. The summed E-state index contributed by atoms with van der Waals surface area (Å²) in [7, 11) is 5.57. The quantitative estimate of drug-likeness (QED) is 0.559. The number of hydrogen-bond acceptors (Lipinski definition) is 5. The molecule has 1 aliphatic rings. The van der Waals surface area contributed by atoms with Gasteiger partial charge in [0.05, 0.1) is 12.7 Å². The zero-order valence-electron chi connectivity index (χ0n) is 17.5. The number of rotatable bonds is 7. The van der Waals surface area contributed by atoms with Gasteiger partial charge in [0.2, 0.25) is 0 Å². The van der Waals surface area contributed by atoms with Crippen LogP contribution in [0.15, 0.2) is 42.5 Å². The molecule has 0 bridgehead atoms. The Bertz CT molecular complexity index is 866. The van der Waals surface area contributed by atoms with Crippen LogP contribution in [-0.2, 0) is 6.54 Å². The summed E-state index contributed by atoms with van der Waals surface area (Å²) < 4.78 is 5.44. The van der Waals surface area contributed by atoms with Gasteiger partial charge < -0.3 is 14.7 Å². The topological polar surface area (TPSA) is 53.0 Å². The standard InChI is InChI=1S/C24H30N2O3/c1-25(2)20-10-7-18(8-11-20)9-12-22(27)21-15-19(24(29-3)16-23(21)28)17-26-13-5-4-6-14-26/h7-12,15-16,28H,4-6,13-14,17H2,1-3H3/b12-9+. The average molecular weight is 395 g/mol. The smallest absolute Gasteiger partial charge is 0.189 e. The highest BCUT2D eigenvalue weighted by molar-refractivity contribution is 6.08. The lowest BCUT2D eigenvalue weighted by Gasteiger charge is -2.27. The van der Waals surface area contributed by atoms with Crippen LogP contribution in [0.4, 0.5) is 5.69 Å². The van der Waals surface area contributed by atoms with Crippen molar-refractivity contribution < 1.29 is 14.6 Å². The largest absolute Gasteiger partial charge is 0.507 e. The van der Waals surface area contributed by atoms with Crippen molar-refractivity contribution >= 4 is 17.5 Å². The third-order valence-corrected chi connectivity index (χ3v) is 5.34. The number of anilines is 1. The first-order valence-corrected chi connectivity index (χ1v) is 10.1. The summed E-state index contributed by atoms with van der Waals surface area (Å²) in [6.45, 7) is 2.83. The molecule has 29 heavy (non-hydrogen) atoms. The summed E-state index contributed by atoms with van der Waals surface area (Å²) in [6.07, 6.45) is 6.95. The molecule has 0 atom stereocenters. The molecule has 1 heterocycles. The minimum Gasteiger partial charge on any atom is -0.507 e. The molecule has 0 radical (unpaired) electrons. The fraction of sp³-hybridized carbons (Fsp3) is 0.375. The van der Waals surface area contributed by atoms with Crippen LogP contribution in [-0.4, -0.2) is 50.1 Å². The van der Waals surface area contributed by atoms with Crippen LogP contribution in [0.5, 0.6) is 11.5 Å². The van der Waals surface area contributed by atoms with Gasteiger partial charge in [0.15, 0.2) is 5.78 Å². The highest BCUT2D eigenvalue weighted by Gasteiger charge is 2.18. The molecule has 154 valence electrons. The molecule has 1 saturated heterocycles. The van der Waals surface area contributed by atoms with E-state index in [-0.39, 0.29) is 11.5 Å². The number of nitrogens with zero attached hydrogens (tertiary/aromatic N) is 2. The van der Waals surface area contributed by atoms with Crippen molar-refractivity contribution in [3.8, 4) is 11.5 Å². The number of carbonyl (C=O) groups is 1. The number of aromatic hydroxyl groups is 1. The molecule has 1 fully saturated rings. The second-order valence-electron chi connectivity index (χ2n) is 7.70. The van der Waals surface area contributed by atoms with Crippen molar-refractivity contribution in [2.45, 2.75) is 25.8 Å². The van der Waals surface area contributed by atoms with E-state index in [1.165, 1.54) is 25.3 Å². The number of phenolic OH excluding ortho intramolecular Hbond substituents is 1. The fourth-order valence-electron chi connectivity index (χ4n) is 3.63. The molecular weight excluding hydrogens is 364 g/mol. The predicted octanol–water partition coefficient (Wildman–Crippen LogP) is 4.35. The Morgan fingerprint density at radius 3 is 2.45 bits per heavy atom. The normalized spacial score (nSPS) is 14.9. The van der Waals surface area contributed by atoms with Gasteiger partial charge in [-0.3, -0.25) is 9.69 Å². The van der Waals surface area contributed by atoms with Crippen LogP contribution in [0.1, 0.15) is 40.7 Å². The zero-order chi connectivity index (χ0) is 20.8. The van der Waals surface area contributed by atoms with Crippen molar-refractivity contribution in [1.82, 2.24) is 4.90 Å². The van der Waals surface area contributed by atoms with Crippen molar-refractivity contribution in [3.63, 3.8) is 0 Å². The highest BCUT2D eigenvalue weighted by Crippen LogP contribution is 2.30. The Kier molecular flexibility index (Phi) is 6.94. The predicted molar refractivity (Wildman–Crippen MR) is 118 cm³/mol. The van der Waals surface area contributed by atoms with Gasteiger partial charge in [-0.1, -0.05) is 24.6 Å². The number of phenols is 1. The van der Waals surface area contributed by atoms with Gasteiger partial charge in [-0.25, -0.2) is 0 Å². The highest BCUT2D eigenvalue weighted by atomic mass is 16.5. The maximum Gasteiger partial charge on any atom is 0.189 e. The zero-order valence-corrected chi connectivity index (χ0v) is 17.5. The average Bonchev–Trinajstić information content (AvgIpc) is 2.74. The first-order chi connectivity index (χ1) is 14.0. The van der Waals surface area contributed by atoms with Crippen LogP contribution < -0.4 is 9.64 Å². The van der Waals surface area contributed by atoms with Crippen molar-refractivity contribution in [1.29, 1.82) is 0 Å². The molecule has 3 rings (SSSR count).